The Balaban J connectivity index is 1.26. The van der Waals surface area contributed by atoms with E-state index >= 15 is 0 Å². The number of carbonyl (C=O) groups excluding carboxylic acids is 1. The van der Waals surface area contributed by atoms with Crippen molar-refractivity contribution in [3.63, 3.8) is 0 Å². The largest absolute Gasteiger partial charge is 0.491 e. The summed E-state index contributed by atoms with van der Waals surface area (Å²) in [6.45, 7) is 6.07. The smallest absolute Gasteiger partial charge is 0.224 e. The van der Waals surface area contributed by atoms with Crippen LogP contribution < -0.4 is 4.74 Å². The van der Waals surface area contributed by atoms with Gasteiger partial charge in [-0.1, -0.05) is 18.2 Å². The number of ether oxygens (including phenoxy) is 1. The summed E-state index contributed by atoms with van der Waals surface area (Å²) in [6.07, 6.45) is 3.27. The lowest BCUT2D eigenvalue weighted by Gasteiger charge is -2.38. The molecule has 1 amide bonds. The van der Waals surface area contributed by atoms with Gasteiger partial charge in [-0.25, -0.2) is 4.98 Å². The van der Waals surface area contributed by atoms with E-state index in [-0.39, 0.29) is 12.5 Å². The molecule has 1 aliphatic rings. The molecular weight excluding hydrogens is 378 g/mol. The molecule has 0 radical (unpaired) electrons. The monoisotopic (exact) mass is 407 g/mol. The van der Waals surface area contributed by atoms with Gasteiger partial charge in [0.15, 0.2) is 0 Å². The van der Waals surface area contributed by atoms with Crippen molar-refractivity contribution in [1.29, 1.82) is 0 Å². The second-order valence-corrected chi connectivity index (χ2v) is 8.32. The number of imidazole rings is 1. The molecule has 0 atom stereocenters. The van der Waals surface area contributed by atoms with Crippen LogP contribution in [0.5, 0.6) is 5.75 Å². The van der Waals surface area contributed by atoms with Gasteiger partial charge in [0, 0.05) is 26.1 Å². The number of para-hydroxylation sites is 2. The lowest BCUT2D eigenvalue weighted by atomic mass is 9.92. The Labute approximate surface area is 177 Å². The molecule has 1 N–H and O–H groups in total. The molecule has 158 valence electrons. The molecule has 2 heterocycles. The first-order chi connectivity index (χ1) is 14.4. The lowest BCUT2D eigenvalue weighted by Crippen LogP contribution is -2.49. The van der Waals surface area contributed by atoms with E-state index in [4.69, 9.17) is 4.74 Å². The number of fused-ring (bicyclic) bond motifs is 1. The molecule has 0 unspecified atom stereocenters. The summed E-state index contributed by atoms with van der Waals surface area (Å²) in [6, 6.07) is 13.9. The molecule has 3 aromatic rings. The van der Waals surface area contributed by atoms with Gasteiger partial charge in [0.1, 0.15) is 18.0 Å². The van der Waals surface area contributed by atoms with Crippen LogP contribution in [0.25, 0.3) is 11.0 Å². The Morgan fingerprint density at radius 2 is 1.90 bits per heavy atom. The number of piperidine rings is 1. The zero-order valence-corrected chi connectivity index (χ0v) is 17.7. The minimum Gasteiger partial charge on any atom is -0.491 e. The Hall–Kier alpha value is -2.86. The summed E-state index contributed by atoms with van der Waals surface area (Å²) in [4.78, 5) is 18.9. The summed E-state index contributed by atoms with van der Waals surface area (Å²) in [7, 11) is 0. The van der Waals surface area contributed by atoms with Crippen LogP contribution in [0, 0.1) is 13.8 Å². The minimum absolute atomic E-state index is 0.116. The highest BCUT2D eigenvalue weighted by molar-refractivity contribution is 5.77. The highest BCUT2D eigenvalue weighted by Crippen LogP contribution is 2.25. The van der Waals surface area contributed by atoms with Crippen molar-refractivity contribution in [2.75, 3.05) is 19.7 Å². The van der Waals surface area contributed by atoms with Gasteiger partial charge in [0.25, 0.3) is 0 Å². The zero-order valence-electron chi connectivity index (χ0n) is 17.7. The van der Waals surface area contributed by atoms with Gasteiger partial charge in [-0.05, 0) is 62.1 Å². The quantitative estimate of drug-likeness (QED) is 0.679. The Bertz CT molecular complexity index is 1040. The van der Waals surface area contributed by atoms with Crippen LogP contribution in [0.15, 0.2) is 48.8 Å². The fraction of sp³-hybridized carbons (Fsp3) is 0.417. The van der Waals surface area contributed by atoms with Crippen LogP contribution in [-0.2, 0) is 11.3 Å². The molecule has 4 rings (SSSR count). The average molecular weight is 408 g/mol. The second-order valence-electron chi connectivity index (χ2n) is 8.32. The van der Waals surface area contributed by atoms with Gasteiger partial charge in [0.2, 0.25) is 5.91 Å². The highest BCUT2D eigenvalue weighted by atomic mass is 16.5. The number of hydrogen-bond donors (Lipinski definition) is 1. The fourth-order valence-electron chi connectivity index (χ4n) is 3.90. The molecule has 2 aromatic carbocycles. The van der Waals surface area contributed by atoms with Crippen molar-refractivity contribution >= 4 is 16.9 Å². The molecule has 1 saturated heterocycles. The summed E-state index contributed by atoms with van der Waals surface area (Å²) < 4.78 is 7.87. The summed E-state index contributed by atoms with van der Waals surface area (Å²) in [5.41, 5.74) is 3.48. The number of hydrogen-bond acceptors (Lipinski definition) is 4. The van der Waals surface area contributed by atoms with Gasteiger partial charge < -0.3 is 19.3 Å². The summed E-state index contributed by atoms with van der Waals surface area (Å²) in [5, 5.41) is 10.9. The number of aromatic nitrogens is 2. The molecule has 0 saturated carbocycles. The molecule has 0 aliphatic carbocycles. The van der Waals surface area contributed by atoms with Crippen molar-refractivity contribution in [3.8, 4) is 5.75 Å². The van der Waals surface area contributed by atoms with Gasteiger partial charge >= 0.3 is 0 Å². The minimum atomic E-state index is -0.893. The number of aliphatic hydroxyl groups is 1. The van der Waals surface area contributed by atoms with Crippen LogP contribution in [0.1, 0.15) is 30.4 Å². The highest BCUT2D eigenvalue weighted by Gasteiger charge is 2.34. The third-order valence-corrected chi connectivity index (χ3v) is 6.13. The normalized spacial score (nSPS) is 16.0. The van der Waals surface area contributed by atoms with Crippen LogP contribution in [-0.4, -0.2) is 50.8 Å². The average Bonchev–Trinajstić information content (AvgIpc) is 3.17. The van der Waals surface area contributed by atoms with E-state index in [1.807, 2.05) is 58.9 Å². The predicted molar refractivity (Wildman–Crippen MR) is 117 cm³/mol. The first-order valence-electron chi connectivity index (χ1n) is 10.5. The molecule has 1 aliphatic heterocycles. The third-order valence-electron chi connectivity index (χ3n) is 6.13. The number of amides is 1. The maximum Gasteiger partial charge on any atom is 0.224 e. The van der Waals surface area contributed by atoms with Crippen molar-refractivity contribution in [2.24, 2.45) is 0 Å². The maximum atomic E-state index is 12.7. The first-order valence-corrected chi connectivity index (χ1v) is 10.5. The molecule has 6 nitrogen and oxygen atoms in total. The van der Waals surface area contributed by atoms with Crippen molar-refractivity contribution < 1.29 is 14.6 Å². The number of nitrogens with zero attached hydrogens (tertiary/aromatic N) is 3. The van der Waals surface area contributed by atoms with Crippen LogP contribution >= 0.6 is 0 Å². The fourth-order valence-corrected chi connectivity index (χ4v) is 3.90. The van der Waals surface area contributed by atoms with Crippen molar-refractivity contribution in [2.45, 2.75) is 45.3 Å². The summed E-state index contributed by atoms with van der Waals surface area (Å²) in [5.74, 6) is 0.891. The van der Waals surface area contributed by atoms with Gasteiger partial charge in [0.05, 0.1) is 17.4 Å². The molecule has 30 heavy (non-hydrogen) atoms. The Kier molecular flexibility index (Phi) is 5.77. The number of rotatable bonds is 6. The maximum absolute atomic E-state index is 12.7. The van der Waals surface area contributed by atoms with Crippen LogP contribution in [0.4, 0.5) is 0 Å². The van der Waals surface area contributed by atoms with E-state index in [1.165, 1.54) is 11.1 Å². The van der Waals surface area contributed by atoms with E-state index < -0.39 is 5.60 Å². The van der Waals surface area contributed by atoms with Crippen LogP contribution in [0.3, 0.4) is 0 Å². The molecule has 6 heteroatoms. The molecule has 0 bridgehead atoms. The van der Waals surface area contributed by atoms with Crippen LogP contribution in [0.2, 0.25) is 0 Å². The standard InChI is InChI=1S/C24H29N3O3/c1-18-7-8-20(15-19(18)2)30-16-24(29)10-13-26(14-11-24)23(28)9-12-27-17-25-21-5-3-4-6-22(21)27/h3-8,15,17,29H,9-14,16H2,1-2H3. The molecule has 1 fully saturated rings. The van der Waals surface area contributed by atoms with E-state index in [0.717, 1.165) is 16.8 Å². The van der Waals surface area contributed by atoms with E-state index in [9.17, 15) is 9.90 Å². The number of carbonyl (C=O) groups is 1. The molecule has 0 spiro atoms. The van der Waals surface area contributed by atoms with Gasteiger partial charge in [-0.3, -0.25) is 4.79 Å². The van der Waals surface area contributed by atoms with Crippen molar-refractivity contribution in [1.82, 2.24) is 14.5 Å². The zero-order chi connectivity index (χ0) is 21.1. The Morgan fingerprint density at radius 1 is 1.13 bits per heavy atom. The van der Waals surface area contributed by atoms with E-state index in [0.29, 0.717) is 38.9 Å². The molecular formula is C24H29N3O3. The number of likely N-dealkylation sites (tertiary alicyclic amines) is 1. The van der Waals surface area contributed by atoms with Crippen molar-refractivity contribution in [3.05, 3.63) is 59.9 Å². The van der Waals surface area contributed by atoms with Gasteiger partial charge in [-0.2, -0.15) is 0 Å². The third kappa shape index (κ3) is 4.49. The number of aryl methyl sites for hydroxylation is 3. The SMILES string of the molecule is Cc1ccc(OCC2(O)CCN(C(=O)CCn3cnc4ccccc43)CC2)cc1C. The first kappa shape index (κ1) is 20.4. The predicted octanol–water partition coefficient (Wildman–Crippen LogP) is 3.48. The van der Waals surface area contributed by atoms with E-state index in [1.54, 1.807) is 6.33 Å². The topological polar surface area (TPSA) is 67.6 Å². The number of benzene rings is 2. The van der Waals surface area contributed by atoms with E-state index in [2.05, 4.69) is 11.9 Å². The summed E-state index contributed by atoms with van der Waals surface area (Å²) >= 11 is 0. The second kappa shape index (κ2) is 8.48. The van der Waals surface area contributed by atoms with Gasteiger partial charge in [-0.15, -0.1) is 0 Å². The molecule has 1 aromatic heterocycles. The Morgan fingerprint density at radius 3 is 2.67 bits per heavy atom. The lowest BCUT2D eigenvalue weighted by molar-refractivity contribution is -0.136.